The van der Waals surface area contributed by atoms with Crippen molar-refractivity contribution in [3.63, 3.8) is 0 Å². The van der Waals surface area contributed by atoms with Crippen LogP contribution in [0, 0.1) is 0 Å². The van der Waals surface area contributed by atoms with Crippen LogP contribution >= 0.6 is 0 Å². The van der Waals surface area contributed by atoms with Gasteiger partial charge in [-0.15, -0.1) is 0 Å². The first-order valence-electron chi connectivity index (χ1n) is 9.13. The lowest BCUT2D eigenvalue weighted by molar-refractivity contribution is -0.108. The number of carbonyl (C=O) groups is 2. The van der Waals surface area contributed by atoms with Gasteiger partial charge in [0, 0.05) is 18.5 Å². The van der Waals surface area contributed by atoms with E-state index in [0.29, 0.717) is 13.0 Å². The van der Waals surface area contributed by atoms with Gasteiger partial charge in [-0.2, -0.15) is 0 Å². The van der Waals surface area contributed by atoms with Gasteiger partial charge < -0.3 is 9.69 Å². The third-order valence-electron chi connectivity index (χ3n) is 5.06. The SMILES string of the molecule is CCCc1ccc(C(CC=O)N2Cc3ccccc3C2=O)cc1CC. The van der Waals surface area contributed by atoms with E-state index in [0.717, 1.165) is 42.2 Å². The van der Waals surface area contributed by atoms with Gasteiger partial charge in [0.25, 0.3) is 5.91 Å². The smallest absolute Gasteiger partial charge is 0.255 e. The molecule has 1 amide bonds. The fourth-order valence-electron chi connectivity index (χ4n) is 3.76. The van der Waals surface area contributed by atoms with Crippen LogP contribution in [0.4, 0.5) is 0 Å². The normalized spacial score (nSPS) is 14.5. The van der Waals surface area contributed by atoms with Gasteiger partial charge in [-0.05, 0) is 41.2 Å². The van der Waals surface area contributed by atoms with E-state index in [4.69, 9.17) is 0 Å². The number of hydrogen-bond acceptors (Lipinski definition) is 2. The monoisotopic (exact) mass is 335 g/mol. The summed E-state index contributed by atoms with van der Waals surface area (Å²) in [4.78, 5) is 26.0. The highest BCUT2D eigenvalue weighted by Gasteiger charge is 2.33. The maximum absolute atomic E-state index is 12.8. The van der Waals surface area contributed by atoms with Crippen molar-refractivity contribution < 1.29 is 9.59 Å². The van der Waals surface area contributed by atoms with Gasteiger partial charge in [-0.25, -0.2) is 0 Å². The largest absolute Gasteiger partial charge is 0.327 e. The number of rotatable bonds is 7. The van der Waals surface area contributed by atoms with Crippen LogP contribution in [0.15, 0.2) is 42.5 Å². The molecular weight excluding hydrogens is 310 g/mol. The summed E-state index contributed by atoms with van der Waals surface area (Å²) in [6.07, 6.45) is 4.40. The number of nitrogens with zero attached hydrogens (tertiary/aromatic N) is 1. The van der Waals surface area contributed by atoms with Gasteiger partial charge in [0.2, 0.25) is 0 Å². The van der Waals surface area contributed by atoms with E-state index in [1.165, 1.54) is 11.1 Å². The summed E-state index contributed by atoms with van der Waals surface area (Å²) in [7, 11) is 0. The second kappa shape index (κ2) is 7.64. The van der Waals surface area contributed by atoms with E-state index in [9.17, 15) is 9.59 Å². The van der Waals surface area contributed by atoms with Crippen molar-refractivity contribution in [3.05, 3.63) is 70.3 Å². The first-order valence-corrected chi connectivity index (χ1v) is 9.13. The standard InChI is InChI=1S/C22H25NO2/c1-3-7-17-10-11-18(14-16(17)4-2)21(12-13-24)23-15-19-8-5-6-9-20(19)22(23)25/h5-6,8-11,13-14,21H,3-4,7,12,15H2,1-2H3. The van der Waals surface area contributed by atoms with E-state index in [-0.39, 0.29) is 11.9 Å². The molecule has 25 heavy (non-hydrogen) atoms. The van der Waals surface area contributed by atoms with Gasteiger partial charge in [-0.3, -0.25) is 4.79 Å². The molecule has 0 aromatic heterocycles. The molecule has 2 aromatic carbocycles. The average Bonchev–Trinajstić information content (AvgIpc) is 2.97. The summed E-state index contributed by atoms with van der Waals surface area (Å²) >= 11 is 0. The molecule has 3 rings (SSSR count). The van der Waals surface area contributed by atoms with E-state index < -0.39 is 0 Å². The Hall–Kier alpha value is -2.42. The van der Waals surface area contributed by atoms with Crippen LogP contribution in [-0.4, -0.2) is 17.1 Å². The lowest BCUT2D eigenvalue weighted by Crippen LogP contribution is -2.29. The summed E-state index contributed by atoms with van der Waals surface area (Å²) in [5.41, 5.74) is 5.55. The summed E-state index contributed by atoms with van der Waals surface area (Å²) in [6.45, 7) is 4.91. The maximum Gasteiger partial charge on any atom is 0.255 e. The van der Waals surface area contributed by atoms with E-state index in [2.05, 4.69) is 32.0 Å². The zero-order valence-corrected chi connectivity index (χ0v) is 15.0. The fraction of sp³-hybridized carbons (Fsp3) is 0.364. The Balaban J connectivity index is 1.95. The lowest BCUT2D eigenvalue weighted by atomic mass is 9.94. The molecule has 2 aromatic rings. The number of aldehydes is 1. The predicted octanol–water partition coefficient (Wildman–Crippen LogP) is 4.49. The molecule has 0 saturated carbocycles. The fourth-order valence-corrected chi connectivity index (χ4v) is 3.76. The Morgan fingerprint density at radius 3 is 2.60 bits per heavy atom. The third-order valence-corrected chi connectivity index (χ3v) is 5.06. The highest BCUT2D eigenvalue weighted by molar-refractivity contribution is 5.98. The zero-order chi connectivity index (χ0) is 17.8. The number of carbonyl (C=O) groups excluding carboxylic acids is 2. The number of hydrogen-bond donors (Lipinski definition) is 0. The van der Waals surface area contributed by atoms with Crippen molar-refractivity contribution in [3.8, 4) is 0 Å². The van der Waals surface area contributed by atoms with Crippen molar-refractivity contribution in [2.75, 3.05) is 0 Å². The number of aryl methyl sites for hydroxylation is 2. The Morgan fingerprint density at radius 1 is 1.12 bits per heavy atom. The highest BCUT2D eigenvalue weighted by atomic mass is 16.2. The van der Waals surface area contributed by atoms with Crippen LogP contribution in [0.5, 0.6) is 0 Å². The maximum atomic E-state index is 12.8. The molecule has 130 valence electrons. The third kappa shape index (κ3) is 3.37. The molecule has 0 radical (unpaired) electrons. The minimum Gasteiger partial charge on any atom is -0.327 e. The van der Waals surface area contributed by atoms with Gasteiger partial charge in [-0.1, -0.05) is 56.7 Å². The Labute approximate surface area is 149 Å². The van der Waals surface area contributed by atoms with Crippen LogP contribution in [-0.2, 0) is 24.2 Å². The Morgan fingerprint density at radius 2 is 1.92 bits per heavy atom. The Kier molecular flexibility index (Phi) is 5.32. The molecule has 1 heterocycles. The summed E-state index contributed by atoms with van der Waals surface area (Å²) in [5, 5.41) is 0. The van der Waals surface area contributed by atoms with Crippen molar-refractivity contribution in [2.45, 2.75) is 52.1 Å². The number of fused-ring (bicyclic) bond motifs is 1. The van der Waals surface area contributed by atoms with Crippen molar-refractivity contribution in [2.24, 2.45) is 0 Å². The number of amides is 1. The lowest BCUT2D eigenvalue weighted by Gasteiger charge is -2.27. The van der Waals surface area contributed by atoms with Crippen LogP contribution < -0.4 is 0 Å². The first kappa shape index (κ1) is 17.4. The van der Waals surface area contributed by atoms with Gasteiger partial charge in [0.1, 0.15) is 6.29 Å². The molecular formula is C22H25NO2. The van der Waals surface area contributed by atoms with Crippen molar-refractivity contribution >= 4 is 12.2 Å². The number of benzene rings is 2. The topological polar surface area (TPSA) is 37.4 Å². The molecule has 0 aliphatic carbocycles. The summed E-state index contributed by atoms with van der Waals surface area (Å²) in [6, 6.07) is 14.0. The van der Waals surface area contributed by atoms with E-state index in [1.807, 2.05) is 29.2 Å². The average molecular weight is 335 g/mol. The summed E-state index contributed by atoms with van der Waals surface area (Å²) < 4.78 is 0. The van der Waals surface area contributed by atoms with Crippen molar-refractivity contribution in [1.29, 1.82) is 0 Å². The molecule has 1 aliphatic rings. The van der Waals surface area contributed by atoms with Gasteiger partial charge in [0.05, 0.1) is 6.04 Å². The summed E-state index contributed by atoms with van der Waals surface area (Å²) in [5.74, 6) is 0.0260. The quantitative estimate of drug-likeness (QED) is 0.699. The predicted molar refractivity (Wildman–Crippen MR) is 99.6 cm³/mol. The van der Waals surface area contributed by atoms with Crippen LogP contribution in [0.25, 0.3) is 0 Å². The molecule has 0 N–H and O–H groups in total. The second-order valence-corrected chi connectivity index (χ2v) is 6.64. The molecule has 0 fully saturated rings. The van der Waals surface area contributed by atoms with E-state index in [1.54, 1.807) is 0 Å². The molecule has 1 unspecified atom stereocenters. The first-order chi connectivity index (χ1) is 12.2. The second-order valence-electron chi connectivity index (χ2n) is 6.64. The minimum absolute atomic E-state index is 0.0260. The highest BCUT2D eigenvalue weighted by Crippen LogP contribution is 2.33. The molecule has 0 saturated heterocycles. The van der Waals surface area contributed by atoms with E-state index >= 15 is 0 Å². The minimum atomic E-state index is -0.196. The molecule has 0 spiro atoms. The van der Waals surface area contributed by atoms with Crippen LogP contribution in [0.1, 0.15) is 65.3 Å². The molecule has 1 aliphatic heterocycles. The van der Waals surface area contributed by atoms with Gasteiger partial charge in [0.15, 0.2) is 0 Å². The molecule has 3 heteroatoms. The van der Waals surface area contributed by atoms with Crippen LogP contribution in [0.3, 0.4) is 0 Å². The molecule has 0 bridgehead atoms. The van der Waals surface area contributed by atoms with Crippen LogP contribution in [0.2, 0.25) is 0 Å². The molecule has 1 atom stereocenters. The van der Waals surface area contributed by atoms with Gasteiger partial charge >= 0.3 is 0 Å². The molecule has 3 nitrogen and oxygen atoms in total. The zero-order valence-electron chi connectivity index (χ0n) is 15.0. The van der Waals surface area contributed by atoms with Crippen molar-refractivity contribution in [1.82, 2.24) is 4.90 Å². The Bertz CT molecular complexity index is 781.